The number of hydrogen-bond acceptors (Lipinski definition) is 6. The summed E-state index contributed by atoms with van der Waals surface area (Å²) in [5.74, 6) is 1.40. The van der Waals surface area contributed by atoms with Crippen molar-refractivity contribution in [2.24, 2.45) is 10.1 Å². The number of aryl methyl sites for hydroxylation is 1. The van der Waals surface area contributed by atoms with Gasteiger partial charge in [-0.2, -0.15) is 10.1 Å². The molecule has 0 radical (unpaired) electrons. The highest BCUT2D eigenvalue weighted by molar-refractivity contribution is 8.27. The van der Waals surface area contributed by atoms with Gasteiger partial charge in [0.05, 0.1) is 19.8 Å². The summed E-state index contributed by atoms with van der Waals surface area (Å²) < 4.78 is 11.0. The Labute approximate surface area is 139 Å². The molecular formula is C16H19N3O3S. The van der Waals surface area contributed by atoms with E-state index in [1.807, 2.05) is 12.1 Å². The Balaban J connectivity index is 1.99. The minimum Gasteiger partial charge on any atom is -0.496 e. The van der Waals surface area contributed by atoms with E-state index in [1.165, 1.54) is 16.8 Å². The summed E-state index contributed by atoms with van der Waals surface area (Å²) in [6, 6.07) is 3.93. The third kappa shape index (κ3) is 2.93. The third-order valence-electron chi connectivity index (χ3n) is 3.78. The maximum absolute atomic E-state index is 11.7. The molecule has 2 heterocycles. The number of ether oxygens (including phenoxy) is 2. The molecular weight excluding hydrogens is 314 g/mol. The lowest BCUT2D eigenvalue weighted by atomic mass is 10.0. The molecule has 0 saturated heterocycles. The molecule has 2 aliphatic heterocycles. The highest BCUT2D eigenvalue weighted by atomic mass is 32.2. The highest BCUT2D eigenvalue weighted by Gasteiger charge is 2.34. The van der Waals surface area contributed by atoms with Crippen LogP contribution in [0, 0.1) is 0 Å². The second-order valence-corrected chi connectivity index (χ2v) is 6.24. The van der Waals surface area contributed by atoms with Crippen molar-refractivity contribution < 1.29 is 14.3 Å². The van der Waals surface area contributed by atoms with Crippen LogP contribution in [0.15, 0.2) is 22.2 Å². The van der Waals surface area contributed by atoms with E-state index in [1.54, 1.807) is 14.2 Å². The number of fused-ring (bicyclic) bond motifs is 1. The first-order valence-electron chi connectivity index (χ1n) is 7.57. The number of hydrazone groups is 1. The summed E-state index contributed by atoms with van der Waals surface area (Å²) >= 11 is 1.40. The fourth-order valence-electron chi connectivity index (χ4n) is 2.55. The Kier molecular flexibility index (Phi) is 4.56. The van der Waals surface area contributed by atoms with Crippen LogP contribution in [0.3, 0.4) is 0 Å². The van der Waals surface area contributed by atoms with E-state index in [2.05, 4.69) is 17.0 Å². The number of aliphatic imine (C=N–C) groups is 1. The van der Waals surface area contributed by atoms with Crippen LogP contribution in [0.4, 0.5) is 0 Å². The molecule has 23 heavy (non-hydrogen) atoms. The van der Waals surface area contributed by atoms with Gasteiger partial charge < -0.3 is 9.47 Å². The number of carbonyl (C=O) groups is 1. The molecule has 0 aliphatic carbocycles. The largest absolute Gasteiger partial charge is 0.496 e. The second-order valence-electron chi connectivity index (χ2n) is 5.28. The molecule has 6 nitrogen and oxygen atoms in total. The molecule has 7 heteroatoms. The molecule has 1 aromatic carbocycles. The zero-order valence-corrected chi connectivity index (χ0v) is 14.3. The van der Waals surface area contributed by atoms with Crippen LogP contribution in [0.1, 0.15) is 30.9 Å². The fraction of sp³-hybridized carbons (Fsp3) is 0.438. The number of unbranched alkanes of at least 4 members (excludes halogenated alkanes) is 1. The molecule has 2 aliphatic rings. The van der Waals surface area contributed by atoms with E-state index in [9.17, 15) is 4.79 Å². The number of benzene rings is 1. The predicted octanol–water partition coefficient (Wildman–Crippen LogP) is 2.65. The average Bonchev–Trinajstić information content (AvgIpc) is 3.14. The standard InChI is InChI=1S/C16H19N3O3S/c1-4-5-6-10-7-11(13(22-3)8-12(10)21-2)15-18-19-14(20)9-17-16(19)23-15/h7-8H,4-6,9H2,1-3H3. The quantitative estimate of drug-likeness (QED) is 0.803. The van der Waals surface area contributed by atoms with Gasteiger partial charge in [0.25, 0.3) is 5.91 Å². The van der Waals surface area contributed by atoms with Crippen LogP contribution in [0.5, 0.6) is 11.5 Å². The maximum Gasteiger partial charge on any atom is 0.271 e. The molecule has 3 rings (SSSR count). The lowest BCUT2D eigenvalue weighted by Gasteiger charge is -2.14. The van der Waals surface area contributed by atoms with Crippen molar-refractivity contribution in [3.05, 3.63) is 23.3 Å². The highest BCUT2D eigenvalue weighted by Crippen LogP contribution is 2.36. The Hall–Kier alpha value is -2.02. The predicted molar refractivity (Wildman–Crippen MR) is 91.4 cm³/mol. The van der Waals surface area contributed by atoms with E-state index in [4.69, 9.17) is 9.47 Å². The minimum atomic E-state index is -0.0961. The smallest absolute Gasteiger partial charge is 0.271 e. The number of amidine groups is 1. The Bertz CT molecular complexity index is 700. The minimum absolute atomic E-state index is 0.0961. The monoisotopic (exact) mass is 333 g/mol. The van der Waals surface area contributed by atoms with Gasteiger partial charge in [-0.25, -0.2) is 0 Å². The van der Waals surface area contributed by atoms with Gasteiger partial charge in [-0.15, -0.1) is 0 Å². The van der Waals surface area contributed by atoms with E-state index >= 15 is 0 Å². The van der Waals surface area contributed by atoms with E-state index in [0.29, 0.717) is 10.9 Å². The summed E-state index contributed by atoms with van der Waals surface area (Å²) in [4.78, 5) is 15.9. The van der Waals surface area contributed by atoms with Gasteiger partial charge in [0.15, 0.2) is 5.17 Å². The summed E-state index contributed by atoms with van der Waals surface area (Å²) in [7, 11) is 3.28. The van der Waals surface area contributed by atoms with E-state index in [-0.39, 0.29) is 12.5 Å². The first-order chi connectivity index (χ1) is 11.2. The van der Waals surface area contributed by atoms with Crippen LogP contribution >= 0.6 is 11.8 Å². The Morgan fingerprint density at radius 3 is 2.70 bits per heavy atom. The SMILES string of the molecule is CCCCc1cc(C2=NN3C(=O)CN=C3S2)c(OC)cc1OC. The number of amides is 1. The number of rotatable bonds is 6. The third-order valence-corrected chi connectivity index (χ3v) is 4.76. The number of carbonyl (C=O) groups excluding carboxylic acids is 1. The van der Waals surface area contributed by atoms with Crippen LogP contribution in [-0.2, 0) is 11.2 Å². The Morgan fingerprint density at radius 2 is 2.04 bits per heavy atom. The van der Waals surface area contributed by atoms with Crippen LogP contribution in [0.25, 0.3) is 0 Å². The van der Waals surface area contributed by atoms with Crippen LogP contribution < -0.4 is 9.47 Å². The molecule has 0 bridgehead atoms. The lowest BCUT2D eigenvalue weighted by Crippen LogP contribution is -2.21. The zero-order chi connectivity index (χ0) is 16.4. The molecule has 0 atom stereocenters. The molecule has 0 unspecified atom stereocenters. The average molecular weight is 333 g/mol. The van der Waals surface area contributed by atoms with Gasteiger partial charge in [0.1, 0.15) is 23.1 Å². The number of methoxy groups -OCH3 is 2. The molecule has 0 N–H and O–H groups in total. The van der Waals surface area contributed by atoms with Crippen molar-refractivity contribution >= 4 is 27.9 Å². The van der Waals surface area contributed by atoms with Gasteiger partial charge in [0.2, 0.25) is 0 Å². The first kappa shape index (κ1) is 15.9. The van der Waals surface area contributed by atoms with E-state index < -0.39 is 0 Å². The van der Waals surface area contributed by atoms with Gasteiger partial charge in [-0.3, -0.25) is 9.79 Å². The summed E-state index contributed by atoms with van der Waals surface area (Å²) in [6.07, 6.45) is 3.12. The second kappa shape index (κ2) is 6.62. The lowest BCUT2D eigenvalue weighted by molar-refractivity contribution is -0.124. The first-order valence-corrected chi connectivity index (χ1v) is 8.38. The summed E-state index contributed by atoms with van der Waals surface area (Å²) in [6.45, 7) is 2.34. The Morgan fingerprint density at radius 1 is 1.26 bits per heavy atom. The number of nitrogens with zero attached hydrogens (tertiary/aromatic N) is 3. The van der Waals surface area contributed by atoms with Crippen molar-refractivity contribution in [2.75, 3.05) is 20.8 Å². The molecule has 0 aromatic heterocycles. The number of hydrogen-bond donors (Lipinski definition) is 0. The van der Waals surface area contributed by atoms with Crippen molar-refractivity contribution in [1.29, 1.82) is 0 Å². The van der Waals surface area contributed by atoms with Crippen LogP contribution in [-0.4, -0.2) is 41.9 Å². The van der Waals surface area contributed by atoms with Crippen LogP contribution in [0.2, 0.25) is 0 Å². The van der Waals surface area contributed by atoms with Crippen molar-refractivity contribution in [3.63, 3.8) is 0 Å². The number of thioether (sulfide) groups is 1. The zero-order valence-electron chi connectivity index (χ0n) is 13.5. The maximum atomic E-state index is 11.7. The molecule has 1 aromatic rings. The van der Waals surface area contributed by atoms with Gasteiger partial charge >= 0.3 is 0 Å². The fourth-order valence-corrected chi connectivity index (χ4v) is 3.47. The van der Waals surface area contributed by atoms with Gasteiger partial charge in [-0.1, -0.05) is 13.3 Å². The van der Waals surface area contributed by atoms with Crippen molar-refractivity contribution in [1.82, 2.24) is 5.01 Å². The van der Waals surface area contributed by atoms with Gasteiger partial charge in [0, 0.05) is 6.07 Å². The van der Waals surface area contributed by atoms with Crippen molar-refractivity contribution in [2.45, 2.75) is 26.2 Å². The van der Waals surface area contributed by atoms with E-state index in [0.717, 1.165) is 41.2 Å². The summed E-state index contributed by atoms with van der Waals surface area (Å²) in [5.41, 5.74) is 1.99. The summed E-state index contributed by atoms with van der Waals surface area (Å²) in [5, 5.41) is 7.14. The van der Waals surface area contributed by atoms with Gasteiger partial charge in [-0.05, 0) is 36.2 Å². The topological polar surface area (TPSA) is 63.5 Å². The molecule has 122 valence electrons. The van der Waals surface area contributed by atoms with Crippen molar-refractivity contribution in [3.8, 4) is 11.5 Å². The molecule has 1 amide bonds. The molecule has 0 saturated carbocycles. The normalized spacial score (nSPS) is 16.3. The molecule has 0 spiro atoms. The molecule has 0 fully saturated rings.